The summed E-state index contributed by atoms with van der Waals surface area (Å²) < 4.78 is 71.0. The SMILES string of the molecule is Cc1ccc2[nH]c3cc4c(=O)c5c(S(=O)(=O)[O-])c(C)ccc5[nH]c4cc3c(=O)c2c1.Cc1ccc2[nH]c3cc4c(=O)c5c(S(=O)(=O)[O-])c(C)ccc5[nH]c4cc3c(=O)c2c1.[Ni+2]. The Morgan fingerprint density at radius 2 is 0.656 bits per heavy atom. The van der Waals surface area contributed by atoms with Crippen LogP contribution in [0.2, 0.25) is 0 Å². The molecule has 0 aliphatic carbocycles. The number of hydrogen-bond acceptors (Lipinski definition) is 10. The van der Waals surface area contributed by atoms with Gasteiger partial charge in [-0.25, -0.2) is 16.8 Å². The zero-order chi connectivity index (χ0) is 42.7. The van der Waals surface area contributed by atoms with Crippen molar-refractivity contribution in [1.82, 2.24) is 19.9 Å². The maximum absolute atomic E-state index is 13.2. The minimum atomic E-state index is -4.86. The van der Waals surface area contributed by atoms with Crippen LogP contribution < -0.4 is 21.7 Å². The molecule has 10 rings (SSSR count). The van der Waals surface area contributed by atoms with E-state index in [1.165, 1.54) is 38.1 Å². The van der Waals surface area contributed by atoms with E-state index in [-0.39, 0.29) is 71.1 Å². The minimum Gasteiger partial charge on any atom is -0.744 e. The summed E-state index contributed by atoms with van der Waals surface area (Å²) >= 11 is 0. The molecule has 0 atom stereocenters. The van der Waals surface area contributed by atoms with Crippen molar-refractivity contribution in [3.63, 3.8) is 0 Å². The molecular formula is C44H30N4NiO10S2. The van der Waals surface area contributed by atoms with Crippen LogP contribution in [0.25, 0.3) is 87.2 Å². The van der Waals surface area contributed by atoms with Gasteiger partial charge in [-0.2, -0.15) is 0 Å². The summed E-state index contributed by atoms with van der Waals surface area (Å²) in [5.41, 5.74) is 4.20. The smallest absolute Gasteiger partial charge is 0.744 e. The van der Waals surface area contributed by atoms with E-state index in [1.54, 1.807) is 48.5 Å². The molecule has 0 amide bonds. The van der Waals surface area contributed by atoms with Crippen molar-refractivity contribution in [3.05, 3.63) is 148 Å². The van der Waals surface area contributed by atoms with Gasteiger partial charge in [0.2, 0.25) is 0 Å². The summed E-state index contributed by atoms with van der Waals surface area (Å²) in [6.07, 6.45) is 0. The molecule has 17 heteroatoms. The van der Waals surface area contributed by atoms with Gasteiger partial charge in [0, 0.05) is 43.4 Å². The van der Waals surface area contributed by atoms with E-state index in [1.807, 2.05) is 26.0 Å². The van der Waals surface area contributed by atoms with Crippen molar-refractivity contribution in [2.75, 3.05) is 0 Å². The number of pyridine rings is 4. The Bertz CT molecular complexity index is 3830. The van der Waals surface area contributed by atoms with Gasteiger partial charge in [0.25, 0.3) is 0 Å². The molecule has 0 unspecified atom stereocenters. The van der Waals surface area contributed by atoms with E-state index in [0.717, 1.165) is 11.1 Å². The number of nitrogens with one attached hydrogen (secondary N) is 4. The molecule has 14 nitrogen and oxygen atoms in total. The van der Waals surface area contributed by atoms with Crippen molar-refractivity contribution >= 4 is 107 Å². The zero-order valence-electron chi connectivity index (χ0n) is 32.3. The molecule has 0 fully saturated rings. The molecule has 0 aliphatic rings. The van der Waals surface area contributed by atoms with Crippen LogP contribution in [-0.4, -0.2) is 45.9 Å². The molecule has 0 radical (unpaired) electrons. The summed E-state index contributed by atoms with van der Waals surface area (Å²) in [6.45, 7) is 6.74. The molecule has 0 bridgehead atoms. The first-order chi connectivity index (χ1) is 28.3. The maximum atomic E-state index is 13.2. The minimum absolute atomic E-state index is 0. The van der Waals surface area contributed by atoms with Gasteiger partial charge in [-0.1, -0.05) is 35.4 Å². The van der Waals surface area contributed by atoms with Gasteiger partial charge < -0.3 is 29.0 Å². The van der Waals surface area contributed by atoms with E-state index in [9.17, 15) is 45.1 Å². The Balaban J connectivity index is 0.000000166. The van der Waals surface area contributed by atoms with E-state index in [0.29, 0.717) is 54.6 Å². The first-order valence-corrected chi connectivity index (χ1v) is 21.1. The Kier molecular flexibility index (Phi) is 9.69. The van der Waals surface area contributed by atoms with Crippen LogP contribution in [0, 0.1) is 27.7 Å². The maximum Gasteiger partial charge on any atom is 2.00 e. The van der Waals surface area contributed by atoms with Gasteiger partial charge in [-0.05, 0) is 99.5 Å². The predicted octanol–water partition coefficient (Wildman–Crippen LogP) is 6.39. The number of aromatic nitrogens is 4. The summed E-state index contributed by atoms with van der Waals surface area (Å²) in [6, 6.07) is 23.2. The van der Waals surface area contributed by atoms with E-state index in [4.69, 9.17) is 0 Å². The van der Waals surface area contributed by atoms with Gasteiger partial charge in [0.05, 0.1) is 53.7 Å². The van der Waals surface area contributed by atoms with Crippen LogP contribution in [0.1, 0.15) is 22.3 Å². The Hall–Kier alpha value is -6.49. The second-order valence-corrected chi connectivity index (χ2v) is 17.6. The van der Waals surface area contributed by atoms with Gasteiger partial charge >= 0.3 is 16.5 Å². The van der Waals surface area contributed by atoms with Crippen molar-refractivity contribution in [3.8, 4) is 0 Å². The summed E-state index contributed by atoms with van der Waals surface area (Å²) in [5.74, 6) is 0. The number of fused-ring (bicyclic) bond motifs is 8. The van der Waals surface area contributed by atoms with Crippen LogP contribution in [0.4, 0.5) is 0 Å². The fourth-order valence-electron chi connectivity index (χ4n) is 8.09. The van der Waals surface area contributed by atoms with E-state index in [2.05, 4.69) is 19.9 Å². The second-order valence-electron chi connectivity index (χ2n) is 15.0. The van der Waals surface area contributed by atoms with Gasteiger partial charge in [-0.3, -0.25) is 19.2 Å². The topological polar surface area (TPSA) is 246 Å². The molecule has 6 aromatic carbocycles. The molecule has 4 aromatic heterocycles. The van der Waals surface area contributed by atoms with Crippen LogP contribution in [0.15, 0.2) is 114 Å². The largest absolute Gasteiger partial charge is 2.00 e. The normalized spacial score (nSPS) is 12.2. The Morgan fingerprint density at radius 3 is 0.984 bits per heavy atom. The molecule has 61 heavy (non-hydrogen) atoms. The summed E-state index contributed by atoms with van der Waals surface area (Å²) in [7, 11) is -9.72. The van der Waals surface area contributed by atoms with Crippen LogP contribution in [0.5, 0.6) is 0 Å². The van der Waals surface area contributed by atoms with Gasteiger partial charge in [0.1, 0.15) is 20.2 Å². The fourth-order valence-corrected chi connectivity index (χ4v) is 9.92. The predicted molar refractivity (Wildman–Crippen MR) is 230 cm³/mol. The van der Waals surface area contributed by atoms with Crippen LogP contribution >= 0.6 is 0 Å². The van der Waals surface area contributed by atoms with E-state index >= 15 is 0 Å². The molecule has 10 aromatic rings. The molecule has 0 saturated carbocycles. The second kappa shape index (κ2) is 14.3. The van der Waals surface area contributed by atoms with Crippen LogP contribution in [0.3, 0.4) is 0 Å². The van der Waals surface area contributed by atoms with Crippen LogP contribution in [-0.2, 0) is 36.7 Å². The monoisotopic (exact) mass is 896 g/mol. The fraction of sp³-hybridized carbons (Fsp3) is 0.0909. The molecular weight excluding hydrogens is 867 g/mol. The standard InChI is InChI=1S/2C22H16N2O5S.Ni/c2*1-10-3-5-15-12(7-10)20(25)13-8-18-14(9-17(13)23-15)21(26)19-16(24-18)6-4-11(2)22(19)30(27,28)29;/h2*3-9H,1-2H3,(H,23,25)(H,24,26)(H,27,28,29);/q;;+2/p-2. The third-order valence-electron chi connectivity index (χ3n) is 10.9. The molecule has 0 spiro atoms. The van der Waals surface area contributed by atoms with Gasteiger partial charge in [0.15, 0.2) is 21.7 Å². The number of benzene rings is 6. The average Bonchev–Trinajstić information content (AvgIpc) is 3.18. The third-order valence-corrected chi connectivity index (χ3v) is 12.9. The molecule has 4 N–H and O–H groups in total. The number of aromatic amines is 4. The van der Waals surface area contributed by atoms with Crippen molar-refractivity contribution in [1.29, 1.82) is 0 Å². The number of hydrogen-bond donors (Lipinski definition) is 4. The molecule has 308 valence electrons. The van der Waals surface area contributed by atoms with Crippen molar-refractivity contribution in [2.45, 2.75) is 37.5 Å². The number of rotatable bonds is 2. The number of aryl methyl sites for hydroxylation is 4. The Morgan fingerprint density at radius 1 is 0.377 bits per heavy atom. The third kappa shape index (κ3) is 6.71. The molecule has 4 heterocycles. The van der Waals surface area contributed by atoms with Crippen molar-refractivity contribution < 1.29 is 42.4 Å². The first kappa shape index (κ1) is 41.3. The zero-order valence-corrected chi connectivity index (χ0v) is 34.9. The van der Waals surface area contributed by atoms with Gasteiger partial charge in [-0.15, -0.1) is 0 Å². The molecule has 0 saturated heterocycles. The Labute approximate surface area is 353 Å². The first-order valence-electron chi connectivity index (χ1n) is 18.3. The molecule has 0 aliphatic heterocycles. The van der Waals surface area contributed by atoms with Crippen molar-refractivity contribution in [2.24, 2.45) is 0 Å². The number of H-pyrrole nitrogens is 4. The van der Waals surface area contributed by atoms with E-state index < -0.39 is 40.9 Å². The average molecular weight is 898 g/mol. The summed E-state index contributed by atoms with van der Waals surface area (Å²) in [5, 5.41) is 1.92. The summed E-state index contributed by atoms with van der Waals surface area (Å²) in [4.78, 5) is 63.8. The quantitative estimate of drug-likeness (QED) is 0.0846.